The maximum Gasteiger partial charge on any atom is 0.416 e. The lowest BCUT2D eigenvalue weighted by Gasteiger charge is -2.15. The van der Waals surface area contributed by atoms with E-state index in [4.69, 9.17) is 0 Å². The Balaban J connectivity index is 2.09. The van der Waals surface area contributed by atoms with Gasteiger partial charge in [0.2, 0.25) is 0 Å². The number of rotatable bonds is 5. The Morgan fingerprint density at radius 1 is 1.17 bits per heavy atom. The van der Waals surface area contributed by atoms with Gasteiger partial charge in [-0.1, -0.05) is 12.1 Å². The number of amides is 1. The molecule has 6 nitrogen and oxygen atoms in total. The monoisotopic (exact) mass is 339 g/mol. The van der Waals surface area contributed by atoms with E-state index in [1.807, 2.05) is 0 Å². The fourth-order valence-corrected chi connectivity index (χ4v) is 1.91. The quantitative estimate of drug-likeness (QED) is 0.868. The highest BCUT2D eigenvalue weighted by molar-refractivity contribution is 5.94. The molecule has 0 aliphatic carbocycles. The number of aliphatic carboxylic acids is 1. The van der Waals surface area contributed by atoms with Gasteiger partial charge in [-0.2, -0.15) is 13.2 Å². The number of benzene rings is 1. The topological polar surface area (TPSA) is 92.2 Å². The first-order chi connectivity index (χ1) is 11.3. The van der Waals surface area contributed by atoms with E-state index < -0.39 is 29.7 Å². The van der Waals surface area contributed by atoms with Crippen molar-refractivity contribution in [1.29, 1.82) is 0 Å². The summed E-state index contributed by atoms with van der Waals surface area (Å²) in [6, 6.07) is 2.76. The van der Waals surface area contributed by atoms with E-state index >= 15 is 0 Å². The van der Waals surface area contributed by atoms with Crippen LogP contribution in [0.2, 0.25) is 0 Å². The normalized spacial score (nSPS) is 12.5. The van der Waals surface area contributed by atoms with E-state index in [1.54, 1.807) is 0 Å². The molecular weight excluding hydrogens is 327 g/mol. The molecule has 1 atom stereocenters. The summed E-state index contributed by atoms with van der Waals surface area (Å²) in [5.74, 6) is -2.05. The van der Waals surface area contributed by atoms with Crippen LogP contribution in [0.4, 0.5) is 13.2 Å². The van der Waals surface area contributed by atoms with Crippen LogP contribution in [0.3, 0.4) is 0 Å². The molecule has 0 saturated carbocycles. The number of nitrogens with one attached hydrogen (secondary N) is 1. The zero-order chi connectivity index (χ0) is 17.7. The lowest BCUT2D eigenvalue weighted by atomic mass is 10.0. The Kier molecular flexibility index (Phi) is 5.12. The van der Waals surface area contributed by atoms with Crippen molar-refractivity contribution >= 4 is 11.9 Å². The summed E-state index contributed by atoms with van der Waals surface area (Å²) in [4.78, 5) is 30.6. The molecule has 0 aliphatic heterocycles. The van der Waals surface area contributed by atoms with E-state index in [1.165, 1.54) is 30.7 Å². The number of alkyl halides is 3. The van der Waals surface area contributed by atoms with Gasteiger partial charge in [-0.15, -0.1) is 0 Å². The highest BCUT2D eigenvalue weighted by Gasteiger charge is 2.30. The molecule has 24 heavy (non-hydrogen) atoms. The second-order valence-corrected chi connectivity index (χ2v) is 4.85. The van der Waals surface area contributed by atoms with E-state index in [-0.39, 0.29) is 12.1 Å². The second-order valence-electron chi connectivity index (χ2n) is 4.85. The van der Waals surface area contributed by atoms with Crippen molar-refractivity contribution in [3.8, 4) is 0 Å². The number of aromatic nitrogens is 2. The molecule has 126 valence electrons. The minimum Gasteiger partial charge on any atom is -0.480 e. The predicted octanol–water partition coefficient (Wildman–Crippen LogP) is 1.92. The van der Waals surface area contributed by atoms with Crippen molar-refractivity contribution in [2.24, 2.45) is 0 Å². The van der Waals surface area contributed by atoms with Crippen LogP contribution in [0.25, 0.3) is 0 Å². The maximum absolute atomic E-state index is 12.5. The van der Waals surface area contributed by atoms with Gasteiger partial charge in [0.25, 0.3) is 5.91 Å². The minimum atomic E-state index is -4.47. The van der Waals surface area contributed by atoms with Crippen LogP contribution in [-0.2, 0) is 17.4 Å². The lowest BCUT2D eigenvalue weighted by molar-refractivity contribution is -0.139. The second kappa shape index (κ2) is 7.07. The molecule has 1 unspecified atom stereocenters. The fourth-order valence-electron chi connectivity index (χ4n) is 1.91. The summed E-state index contributed by atoms with van der Waals surface area (Å²) in [6.45, 7) is 0. The molecule has 0 spiro atoms. The van der Waals surface area contributed by atoms with Gasteiger partial charge in [-0.05, 0) is 17.7 Å². The number of carboxylic acid groups (broad SMARTS) is 1. The smallest absolute Gasteiger partial charge is 0.416 e. The molecule has 1 amide bonds. The Bertz CT molecular complexity index is 718. The largest absolute Gasteiger partial charge is 0.480 e. The van der Waals surface area contributed by atoms with Crippen LogP contribution in [-0.4, -0.2) is 33.0 Å². The molecule has 0 fully saturated rings. The summed E-state index contributed by atoms with van der Waals surface area (Å²) in [5, 5.41) is 11.4. The highest BCUT2D eigenvalue weighted by atomic mass is 19.4. The van der Waals surface area contributed by atoms with E-state index in [2.05, 4.69) is 15.3 Å². The van der Waals surface area contributed by atoms with Crippen molar-refractivity contribution < 1.29 is 27.9 Å². The maximum atomic E-state index is 12.5. The van der Waals surface area contributed by atoms with Gasteiger partial charge >= 0.3 is 12.1 Å². The predicted molar refractivity (Wildman–Crippen MR) is 76.1 cm³/mol. The molecule has 0 aliphatic rings. The van der Waals surface area contributed by atoms with E-state index in [9.17, 15) is 27.9 Å². The third kappa shape index (κ3) is 4.51. The Labute approximate surface area is 134 Å². The van der Waals surface area contributed by atoms with Gasteiger partial charge in [0, 0.05) is 18.8 Å². The van der Waals surface area contributed by atoms with Gasteiger partial charge in [0.15, 0.2) is 0 Å². The molecule has 1 aromatic heterocycles. The molecule has 0 bridgehead atoms. The first kappa shape index (κ1) is 17.4. The average molecular weight is 339 g/mol. The third-order valence-electron chi connectivity index (χ3n) is 3.12. The molecule has 1 aromatic carbocycles. The van der Waals surface area contributed by atoms with Crippen LogP contribution >= 0.6 is 0 Å². The zero-order valence-corrected chi connectivity index (χ0v) is 12.1. The summed E-state index contributed by atoms with van der Waals surface area (Å²) in [6.07, 6.45) is -0.828. The molecule has 0 saturated heterocycles. The summed E-state index contributed by atoms with van der Waals surface area (Å²) >= 11 is 0. The number of hydrogen-bond acceptors (Lipinski definition) is 4. The van der Waals surface area contributed by atoms with Crippen molar-refractivity contribution in [3.05, 3.63) is 59.7 Å². The van der Waals surface area contributed by atoms with Crippen LogP contribution in [0.1, 0.15) is 21.6 Å². The van der Waals surface area contributed by atoms with Crippen LogP contribution < -0.4 is 5.32 Å². The van der Waals surface area contributed by atoms with Gasteiger partial charge in [-0.25, -0.2) is 9.78 Å². The van der Waals surface area contributed by atoms with E-state index in [0.29, 0.717) is 5.56 Å². The molecule has 2 rings (SSSR count). The summed E-state index contributed by atoms with van der Waals surface area (Å²) in [7, 11) is 0. The first-order valence-electron chi connectivity index (χ1n) is 6.73. The number of halogens is 3. The number of hydrogen-bond donors (Lipinski definition) is 2. The lowest BCUT2D eigenvalue weighted by Crippen LogP contribution is -2.42. The van der Waals surface area contributed by atoms with Crippen molar-refractivity contribution in [1.82, 2.24) is 15.3 Å². The number of nitrogens with zero attached hydrogens (tertiary/aromatic N) is 2. The molecule has 2 aromatic rings. The first-order valence-corrected chi connectivity index (χ1v) is 6.73. The van der Waals surface area contributed by atoms with Gasteiger partial charge in [-0.3, -0.25) is 9.78 Å². The molecule has 2 N–H and O–H groups in total. The van der Waals surface area contributed by atoms with Gasteiger partial charge in [0.05, 0.1) is 11.8 Å². The van der Waals surface area contributed by atoms with Crippen LogP contribution in [0.5, 0.6) is 0 Å². The van der Waals surface area contributed by atoms with Gasteiger partial charge < -0.3 is 10.4 Å². The van der Waals surface area contributed by atoms with Gasteiger partial charge in [0.1, 0.15) is 11.7 Å². The van der Waals surface area contributed by atoms with Crippen LogP contribution in [0, 0.1) is 0 Å². The summed E-state index contributed by atoms with van der Waals surface area (Å²) < 4.78 is 37.5. The average Bonchev–Trinajstić information content (AvgIpc) is 2.54. The molecular formula is C15H12F3N3O3. The van der Waals surface area contributed by atoms with Crippen molar-refractivity contribution in [2.75, 3.05) is 0 Å². The standard InChI is InChI=1S/C15H12F3N3O3/c16-15(17,18)10-3-1-9(2-4-10)7-11(14(23)24)21-13(22)12-8-19-5-6-20-12/h1-6,8,11H,7H2,(H,21,22)(H,23,24). The van der Waals surface area contributed by atoms with E-state index in [0.717, 1.165) is 12.1 Å². The fraction of sp³-hybridized carbons (Fsp3) is 0.200. The van der Waals surface area contributed by atoms with Crippen LogP contribution in [0.15, 0.2) is 42.9 Å². The number of carboxylic acids is 1. The third-order valence-corrected chi connectivity index (χ3v) is 3.12. The highest BCUT2D eigenvalue weighted by Crippen LogP contribution is 2.29. The van der Waals surface area contributed by atoms with Crippen molar-refractivity contribution in [3.63, 3.8) is 0 Å². The minimum absolute atomic E-state index is 0.0591. The summed E-state index contributed by atoms with van der Waals surface area (Å²) in [5.41, 5.74) is -0.548. The molecule has 1 heterocycles. The molecule has 0 radical (unpaired) electrons. The number of carbonyl (C=O) groups excluding carboxylic acids is 1. The Hall–Kier alpha value is -2.97. The number of carbonyl (C=O) groups is 2. The SMILES string of the molecule is O=C(NC(Cc1ccc(C(F)(F)F)cc1)C(=O)O)c1cnccn1. The zero-order valence-electron chi connectivity index (χ0n) is 12.1. The van der Waals surface area contributed by atoms with Crippen molar-refractivity contribution in [2.45, 2.75) is 18.6 Å². The Morgan fingerprint density at radius 2 is 1.83 bits per heavy atom. The Morgan fingerprint density at radius 3 is 2.33 bits per heavy atom. The molecule has 9 heteroatoms.